The first-order valence-corrected chi connectivity index (χ1v) is 7.77. The molecule has 0 aromatic heterocycles. The van der Waals surface area contributed by atoms with Crippen molar-refractivity contribution in [3.63, 3.8) is 0 Å². The average Bonchev–Trinajstić information content (AvgIpc) is 2.38. The summed E-state index contributed by atoms with van der Waals surface area (Å²) in [5, 5.41) is 3.50. The van der Waals surface area contributed by atoms with Gasteiger partial charge in [0.1, 0.15) is 0 Å². The van der Waals surface area contributed by atoms with Gasteiger partial charge in [-0.2, -0.15) is 0 Å². The lowest BCUT2D eigenvalue weighted by atomic mass is 9.81. The number of hydrogen-bond donors (Lipinski definition) is 2. The molecule has 1 aliphatic rings. The summed E-state index contributed by atoms with van der Waals surface area (Å²) in [6, 6.07) is 6.04. The predicted octanol–water partition coefficient (Wildman–Crippen LogP) is 4.66. The van der Waals surface area contributed by atoms with Gasteiger partial charge in [0.05, 0.1) is 11.4 Å². The lowest BCUT2D eigenvalue weighted by Gasteiger charge is -2.28. The zero-order valence-electron chi connectivity index (χ0n) is 11.1. The van der Waals surface area contributed by atoms with Crippen LogP contribution >= 0.6 is 15.9 Å². The van der Waals surface area contributed by atoms with Crippen LogP contribution in [0.1, 0.15) is 39.0 Å². The molecule has 2 nitrogen and oxygen atoms in total. The van der Waals surface area contributed by atoms with E-state index in [1.54, 1.807) is 0 Å². The number of nitrogens with two attached hydrogens (primary N) is 1. The van der Waals surface area contributed by atoms with E-state index in [0.29, 0.717) is 0 Å². The summed E-state index contributed by atoms with van der Waals surface area (Å²) in [5.41, 5.74) is 7.88. The Labute approximate surface area is 118 Å². The Morgan fingerprint density at radius 2 is 1.89 bits per heavy atom. The fraction of sp³-hybridized carbons (Fsp3) is 0.600. The highest BCUT2D eigenvalue weighted by Crippen LogP contribution is 2.31. The van der Waals surface area contributed by atoms with Crippen LogP contribution in [0.3, 0.4) is 0 Å². The Morgan fingerprint density at radius 1 is 1.22 bits per heavy atom. The molecule has 0 radical (unpaired) electrons. The van der Waals surface area contributed by atoms with E-state index in [1.807, 2.05) is 12.1 Å². The van der Waals surface area contributed by atoms with Crippen LogP contribution < -0.4 is 11.1 Å². The molecule has 1 aliphatic carbocycles. The topological polar surface area (TPSA) is 38.0 Å². The summed E-state index contributed by atoms with van der Waals surface area (Å²) in [6.07, 6.45) is 6.88. The highest BCUT2D eigenvalue weighted by atomic mass is 79.9. The van der Waals surface area contributed by atoms with Crippen molar-refractivity contribution in [2.45, 2.75) is 39.0 Å². The van der Waals surface area contributed by atoms with Crippen molar-refractivity contribution in [2.75, 3.05) is 17.6 Å². The maximum absolute atomic E-state index is 5.99. The van der Waals surface area contributed by atoms with Gasteiger partial charge in [0.2, 0.25) is 0 Å². The predicted molar refractivity (Wildman–Crippen MR) is 82.8 cm³/mol. The monoisotopic (exact) mass is 310 g/mol. The second kappa shape index (κ2) is 6.46. The molecule has 3 heteroatoms. The van der Waals surface area contributed by atoms with Gasteiger partial charge in [-0.1, -0.05) is 42.1 Å². The standard InChI is InChI=1S/C15H23BrN2/c1-2-11-3-5-12(6-4-11)10-18-15-8-7-13(16)9-14(15)17/h7-9,11-12,18H,2-6,10,17H2,1H3. The molecule has 0 aliphatic heterocycles. The molecular formula is C15H23BrN2. The van der Waals surface area contributed by atoms with Gasteiger partial charge in [-0.25, -0.2) is 0 Å². The molecule has 0 amide bonds. The molecule has 0 bridgehead atoms. The molecule has 0 heterocycles. The van der Waals surface area contributed by atoms with Crippen molar-refractivity contribution < 1.29 is 0 Å². The lowest BCUT2D eigenvalue weighted by Crippen LogP contribution is -2.21. The maximum Gasteiger partial charge on any atom is 0.0574 e. The number of benzene rings is 1. The highest BCUT2D eigenvalue weighted by molar-refractivity contribution is 9.10. The Kier molecular flexibility index (Phi) is 4.93. The molecule has 2 rings (SSSR count). The third kappa shape index (κ3) is 3.64. The molecule has 0 unspecified atom stereocenters. The van der Waals surface area contributed by atoms with E-state index in [0.717, 1.165) is 34.2 Å². The number of hydrogen-bond acceptors (Lipinski definition) is 2. The molecular weight excluding hydrogens is 288 g/mol. The highest BCUT2D eigenvalue weighted by Gasteiger charge is 2.19. The average molecular weight is 311 g/mol. The van der Waals surface area contributed by atoms with Crippen molar-refractivity contribution in [3.8, 4) is 0 Å². The first kappa shape index (κ1) is 13.7. The van der Waals surface area contributed by atoms with Crippen LogP contribution in [0.4, 0.5) is 11.4 Å². The van der Waals surface area contributed by atoms with Crippen LogP contribution in [0.25, 0.3) is 0 Å². The molecule has 0 spiro atoms. The van der Waals surface area contributed by atoms with Crippen LogP contribution in [-0.2, 0) is 0 Å². The van der Waals surface area contributed by atoms with Gasteiger partial charge in [0.15, 0.2) is 0 Å². The second-order valence-electron chi connectivity index (χ2n) is 5.41. The second-order valence-corrected chi connectivity index (χ2v) is 6.32. The number of anilines is 2. The number of nitrogens with one attached hydrogen (secondary N) is 1. The smallest absolute Gasteiger partial charge is 0.0574 e. The van der Waals surface area contributed by atoms with Crippen molar-refractivity contribution in [2.24, 2.45) is 11.8 Å². The van der Waals surface area contributed by atoms with Gasteiger partial charge in [0, 0.05) is 11.0 Å². The van der Waals surface area contributed by atoms with E-state index in [9.17, 15) is 0 Å². The van der Waals surface area contributed by atoms with Gasteiger partial charge in [-0.15, -0.1) is 0 Å². The van der Waals surface area contributed by atoms with Gasteiger partial charge in [-0.05, 0) is 42.9 Å². The van der Waals surface area contributed by atoms with Crippen molar-refractivity contribution in [1.29, 1.82) is 0 Å². The fourth-order valence-electron chi connectivity index (χ4n) is 2.79. The largest absolute Gasteiger partial charge is 0.397 e. The first-order valence-electron chi connectivity index (χ1n) is 6.98. The fourth-order valence-corrected chi connectivity index (χ4v) is 3.17. The minimum atomic E-state index is 0.816. The maximum atomic E-state index is 5.99. The van der Waals surface area contributed by atoms with E-state index < -0.39 is 0 Å². The van der Waals surface area contributed by atoms with E-state index in [-0.39, 0.29) is 0 Å². The number of nitrogen functional groups attached to an aromatic ring is 1. The molecule has 18 heavy (non-hydrogen) atoms. The minimum absolute atomic E-state index is 0.816. The van der Waals surface area contributed by atoms with E-state index in [4.69, 9.17) is 5.73 Å². The third-order valence-corrected chi connectivity index (χ3v) is 4.63. The quantitative estimate of drug-likeness (QED) is 0.794. The number of halogens is 1. The minimum Gasteiger partial charge on any atom is -0.397 e. The molecule has 1 aromatic carbocycles. The van der Waals surface area contributed by atoms with Crippen LogP contribution in [-0.4, -0.2) is 6.54 Å². The Hall–Kier alpha value is -0.700. The van der Waals surface area contributed by atoms with Crippen LogP contribution in [0.15, 0.2) is 22.7 Å². The summed E-state index contributed by atoms with van der Waals surface area (Å²) in [6.45, 7) is 3.37. The molecule has 100 valence electrons. The summed E-state index contributed by atoms with van der Waals surface area (Å²) in [4.78, 5) is 0. The molecule has 3 N–H and O–H groups in total. The summed E-state index contributed by atoms with van der Waals surface area (Å²) >= 11 is 3.43. The Bertz CT molecular complexity index is 384. The zero-order valence-corrected chi connectivity index (χ0v) is 12.7. The molecule has 1 aromatic rings. The Morgan fingerprint density at radius 3 is 2.50 bits per heavy atom. The van der Waals surface area contributed by atoms with Crippen LogP contribution in [0.5, 0.6) is 0 Å². The van der Waals surface area contributed by atoms with Gasteiger partial charge < -0.3 is 11.1 Å². The summed E-state index contributed by atoms with van der Waals surface area (Å²) < 4.78 is 1.04. The summed E-state index contributed by atoms with van der Waals surface area (Å²) in [7, 11) is 0. The van der Waals surface area contributed by atoms with Gasteiger partial charge in [-0.3, -0.25) is 0 Å². The van der Waals surface area contributed by atoms with Crippen molar-refractivity contribution in [1.82, 2.24) is 0 Å². The third-order valence-electron chi connectivity index (χ3n) is 4.14. The SMILES string of the molecule is CCC1CCC(CNc2ccc(Br)cc2N)CC1. The zero-order chi connectivity index (χ0) is 13.0. The van der Waals surface area contributed by atoms with Crippen LogP contribution in [0, 0.1) is 11.8 Å². The molecule has 0 atom stereocenters. The molecule has 1 saturated carbocycles. The van der Waals surface area contributed by atoms with E-state index in [2.05, 4.69) is 34.2 Å². The lowest BCUT2D eigenvalue weighted by molar-refractivity contribution is 0.278. The summed E-state index contributed by atoms with van der Waals surface area (Å²) in [5.74, 6) is 1.79. The van der Waals surface area contributed by atoms with Crippen molar-refractivity contribution >= 4 is 27.3 Å². The van der Waals surface area contributed by atoms with Crippen LogP contribution in [0.2, 0.25) is 0 Å². The molecule has 0 saturated heterocycles. The van der Waals surface area contributed by atoms with Crippen molar-refractivity contribution in [3.05, 3.63) is 22.7 Å². The first-order chi connectivity index (χ1) is 8.69. The number of rotatable bonds is 4. The van der Waals surface area contributed by atoms with E-state index >= 15 is 0 Å². The van der Waals surface area contributed by atoms with E-state index in [1.165, 1.54) is 32.1 Å². The Balaban J connectivity index is 1.81. The van der Waals surface area contributed by atoms with Gasteiger partial charge in [0.25, 0.3) is 0 Å². The van der Waals surface area contributed by atoms with Gasteiger partial charge >= 0.3 is 0 Å². The molecule has 1 fully saturated rings. The normalized spacial score (nSPS) is 23.9.